The van der Waals surface area contributed by atoms with E-state index in [-0.39, 0.29) is 5.91 Å². The number of rotatable bonds is 4. The van der Waals surface area contributed by atoms with Crippen molar-refractivity contribution >= 4 is 34.1 Å². The minimum atomic E-state index is -0.131. The number of hydrogen-bond donors (Lipinski definition) is 1. The molecule has 140 valence electrons. The lowest BCUT2D eigenvalue weighted by atomic mass is 10.1. The zero-order chi connectivity index (χ0) is 18.8. The molecule has 0 unspecified atom stereocenters. The summed E-state index contributed by atoms with van der Waals surface area (Å²) in [7, 11) is 1.88. The van der Waals surface area contributed by atoms with E-state index < -0.39 is 0 Å². The summed E-state index contributed by atoms with van der Waals surface area (Å²) in [5, 5.41) is 4.67. The smallest absolute Gasteiger partial charge is 0.272 e. The Bertz CT molecular complexity index is 977. The van der Waals surface area contributed by atoms with Gasteiger partial charge in [-0.3, -0.25) is 9.69 Å². The summed E-state index contributed by atoms with van der Waals surface area (Å²) >= 11 is 6.08. The number of ether oxygens (including phenoxy) is 1. The second kappa shape index (κ2) is 7.72. The Morgan fingerprint density at radius 3 is 2.78 bits per heavy atom. The minimum absolute atomic E-state index is 0.131. The first kappa shape index (κ1) is 18.0. The van der Waals surface area contributed by atoms with Gasteiger partial charge in [0.15, 0.2) is 0 Å². The number of fused-ring (bicyclic) bond motifs is 1. The van der Waals surface area contributed by atoms with E-state index in [1.54, 1.807) is 0 Å². The minimum Gasteiger partial charge on any atom is -0.379 e. The van der Waals surface area contributed by atoms with Crippen LogP contribution in [0.3, 0.4) is 0 Å². The summed E-state index contributed by atoms with van der Waals surface area (Å²) < 4.78 is 7.27. The number of hydrogen-bond acceptors (Lipinski definition) is 3. The summed E-state index contributed by atoms with van der Waals surface area (Å²) in [6.07, 6.45) is 0. The molecule has 1 saturated heterocycles. The van der Waals surface area contributed by atoms with Gasteiger partial charge in [0.25, 0.3) is 5.91 Å². The predicted molar refractivity (Wildman–Crippen MR) is 108 cm³/mol. The second-order valence-corrected chi connectivity index (χ2v) is 7.27. The van der Waals surface area contributed by atoms with Crippen LogP contribution in [0.25, 0.3) is 10.9 Å². The number of carbonyl (C=O) groups is 1. The quantitative estimate of drug-likeness (QED) is 0.742. The highest BCUT2D eigenvalue weighted by atomic mass is 35.5. The Balaban J connectivity index is 1.51. The van der Waals surface area contributed by atoms with Gasteiger partial charge in [0, 0.05) is 48.3 Å². The first-order valence-corrected chi connectivity index (χ1v) is 9.43. The molecule has 1 fully saturated rings. The Kier molecular flexibility index (Phi) is 5.16. The van der Waals surface area contributed by atoms with Crippen molar-refractivity contribution in [3.63, 3.8) is 0 Å². The number of morpholine rings is 1. The van der Waals surface area contributed by atoms with Crippen molar-refractivity contribution in [1.82, 2.24) is 9.47 Å². The number of nitrogens with one attached hydrogen (secondary N) is 1. The summed E-state index contributed by atoms with van der Waals surface area (Å²) in [5.41, 5.74) is 3.52. The largest absolute Gasteiger partial charge is 0.379 e. The van der Waals surface area contributed by atoms with Crippen LogP contribution in [-0.4, -0.2) is 41.7 Å². The molecule has 2 heterocycles. The molecule has 4 rings (SSSR count). The maximum atomic E-state index is 12.8. The average Bonchev–Trinajstić information content (AvgIpc) is 2.99. The van der Waals surface area contributed by atoms with Gasteiger partial charge in [-0.1, -0.05) is 29.8 Å². The van der Waals surface area contributed by atoms with Crippen LogP contribution < -0.4 is 5.32 Å². The standard InChI is InChI=1S/C21H22ClN3O2/c1-24-19-13-17(22)6-5-16(19)12-20(24)21(26)23-18-4-2-3-15(11-18)14-25-7-9-27-10-8-25/h2-6,11-13H,7-10,14H2,1H3,(H,23,26). The Morgan fingerprint density at radius 1 is 1.15 bits per heavy atom. The number of anilines is 1. The number of carbonyl (C=O) groups excluding carboxylic acids is 1. The number of benzene rings is 2. The number of nitrogens with zero attached hydrogens (tertiary/aromatic N) is 2. The number of halogens is 1. The molecule has 0 saturated carbocycles. The summed E-state index contributed by atoms with van der Waals surface area (Å²) in [4.78, 5) is 15.2. The maximum Gasteiger partial charge on any atom is 0.272 e. The fourth-order valence-corrected chi connectivity index (χ4v) is 3.65. The van der Waals surface area contributed by atoms with E-state index in [1.807, 2.05) is 54.1 Å². The zero-order valence-corrected chi connectivity index (χ0v) is 16.0. The molecule has 5 nitrogen and oxygen atoms in total. The van der Waals surface area contributed by atoms with E-state index in [9.17, 15) is 4.79 Å². The summed E-state index contributed by atoms with van der Waals surface area (Å²) in [6.45, 7) is 4.30. The third-order valence-corrected chi connectivity index (χ3v) is 5.17. The average molecular weight is 384 g/mol. The predicted octanol–water partition coefficient (Wildman–Crippen LogP) is 3.92. The monoisotopic (exact) mass is 383 g/mol. The van der Waals surface area contributed by atoms with Crippen LogP contribution in [0.5, 0.6) is 0 Å². The van der Waals surface area contributed by atoms with E-state index in [0.717, 1.165) is 49.4 Å². The SMILES string of the molecule is Cn1c(C(=O)Nc2cccc(CN3CCOCC3)c2)cc2ccc(Cl)cc21. The van der Waals surface area contributed by atoms with Crippen LogP contribution in [0.2, 0.25) is 5.02 Å². The lowest BCUT2D eigenvalue weighted by molar-refractivity contribution is 0.0342. The van der Waals surface area contributed by atoms with E-state index in [1.165, 1.54) is 5.56 Å². The van der Waals surface area contributed by atoms with Crippen LogP contribution in [-0.2, 0) is 18.3 Å². The molecular formula is C21H22ClN3O2. The molecule has 1 amide bonds. The number of aryl methyl sites for hydroxylation is 1. The van der Waals surface area contributed by atoms with Crippen LogP contribution in [0.4, 0.5) is 5.69 Å². The van der Waals surface area contributed by atoms with E-state index in [4.69, 9.17) is 16.3 Å². The van der Waals surface area contributed by atoms with Crippen molar-refractivity contribution in [1.29, 1.82) is 0 Å². The lowest BCUT2D eigenvalue weighted by Crippen LogP contribution is -2.35. The van der Waals surface area contributed by atoms with Crippen molar-refractivity contribution in [2.45, 2.75) is 6.54 Å². The third kappa shape index (κ3) is 4.00. The van der Waals surface area contributed by atoms with E-state index in [0.29, 0.717) is 10.7 Å². The molecular weight excluding hydrogens is 362 g/mol. The van der Waals surface area contributed by atoms with Gasteiger partial charge in [0.2, 0.25) is 0 Å². The molecule has 0 bridgehead atoms. The van der Waals surface area contributed by atoms with Gasteiger partial charge in [-0.05, 0) is 35.9 Å². The van der Waals surface area contributed by atoms with Gasteiger partial charge < -0.3 is 14.6 Å². The van der Waals surface area contributed by atoms with Crippen molar-refractivity contribution < 1.29 is 9.53 Å². The second-order valence-electron chi connectivity index (χ2n) is 6.83. The Morgan fingerprint density at radius 2 is 1.96 bits per heavy atom. The van der Waals surface area contributed by atoms with E-state index >= 15 is 0 Å². The van der Waals surface area contributed by atoms with Crippen LogP contribution >= 0.6 is 11.6 Å². The van der Waals surface area contributed by atoms with Gasteiger partial charge in [-0.2, -0.15) is 0 Å². The number of aromatic nitrogens is 1. The van der Waals surface area contributed by atoms with Crippen LogP contribution in [0.15, 0.2) is 48.5 Å². The van der Waals surface area contributed by atoms with Gasteiger partial charge >= 0.3 is 0 Å². The molecule has 1 aliphatic rings. The Hall–Kier alpha value is -2.34. The van der Waals surface area contributed by atoms with Crippen LogP contribution in [0, 0.1) is 0 Å². The number of amides is 1. The van der Waals surface area contributed by atoms with Crippen molar-refractivity contribution in [3.8, 4) is 0 Å². The molecule has 0 spiro atoms. The molecule has 2 aromatic carbocycles. The molecule has 0 aliphatic carbocycles. The maximum absolute atomic E-state index is 12.8. The summed E-state index contributed by atoms with van der Waals surface area (Å²) in [6, 6.07) is 15.5. The van der Waals surface area contributed by atoms with Crippen LogP contribution in [0.1, 0.15) is 16.1 Å². The van der Waals surface area contributed by atoms with Gasteiger partial charge in [0.1, 0.15) is 5.69 Å². The topological polar surface area (TPSA) is 46.5 Å². The molecule has 27 heavy (non-hydrogen) atoms. The van der Waals surface area contributed by atoms with Gasteiger partial charge in [-0.25, -0.2) is 0 Å². The molecule has 1 aliphatic heterocycles. The fraction of sp³-hybridized carbons (Fsp3) is 0.286. The molecule has 1 aromatic heterocycles. The van der Waals surface area contributed by atoms with Crippen molar-refractivity contribution in [3.05, 3.63) is 64.8 Å². The van der Waals surface area contributed by atoms with Gasteiger partial charge in [0.05, 0.1) is 13.2 Å². The zero-order valence-electron chi connectivity index (χ0n) is 15.2. The fourth-order valence-electron chi connectivity index (χ4n) is 3.48. The Labute approximate surface area is 163 Å². The van der Waals surface area contributed by atoms with Crippen molar-refractivity contribution in [2.24, 2.45) is 7.05 Å². The lowest BCUT2D eigenvalue weighted by Gasteiger charge is -2.26. The first-order chi connectivity index (χ1) is 13.1. The normalized spacial score (nSPS) is 15.2. The molecule has 0 atom stereocenters. The highest BCUT2D eigenvalue weighted by Gasteiger charge is 2.15. The third-order valence-electron chi connectivity index (χ3n) is 4.93. The molecule has 1 N–H and O–H groups in total. The molecule has 3 aromatic rings. The van der Waals surface area contributed by atoms with E-state index in [2.05, 4.69) is 16.3 Å². The van der Waals surface area contributed by atoms with Gasteiger partial charge in [-0.15, -0.1) is 0 Å². The molecule has 0 radical (unpaired) electrons. The highest BCUT2D eigenvalue weighted by Crippen LogP contribution is 2.23. The summed E-state index contributed by atoms with van der Waals surface area (Å²) in [5.74, 6) is -0.131. The molecule has 6 heteroatoms. The first-order valence-electron chi connectivity index (χ1n) is 9.05. The van der Waals surface area contributed by atoms with Crippen molar-refractivity contribution in [2.75, 3.05) is 31.6 Å². The highest BCUT2D eigenvalue weighted by molar-refractivity contribution is 6.31.